The molecule has 4 aliphatic heterocycles. The second-order valence-electron chi connectivity index (χ2n) is 36.8. The van der Waals surface area contributed by atoms with Gasteiger partial charge in [-0.2, -0.15) is 146 Å². The minimum absolute atomic E-state index is 0. The normalized spacial score (nSPS) is 15.1. The summed E-state index contributed by atoms with van der Waals surface area (Å²) in [6.07, 6.45) is 6.74. The molecule has 18 heteroatoms. The fourth-order valence-electron chi connectivity index (χ4n) is 14.5. The van der Waals surface area contributed by atoms with E-state index in [1.54, 1.807) is 9.80 Å². The van der Waals surface area contributed by atoms with Gasteiger partial charge in [-0.15, -0.1) is 0 Å². The van der Waals surface area contributed by atoms with Gasteiger partial charge in [-0.05, 0) is 203 Å². The third-order valence-electron chi connectivity index (χ3n) is 22.8. The summed E-state index contributed by atoms with van der Waals surface area (Å²) in [4.78, 5) is 44.4. The molecule has 4 fully saturated rings. The number of ether oxygens (including phenoxy) is 2. The van der Waals surface area contributed by atoms with Crippen LogP contribution in [-0.2, 0) is 48.5 Å². The van der Waals surface area contributed by atoms with E-state index >= 15 is 0 Å². The van der Waals surface area contributed by atoms with Crippen molar-refractivity contribution in [2.75, 3.05) is 13.1 Å². The van der Waals surface area contributed by atoms with Crippen molar-refractivity contribution in [3.63, 3.8) is 0 Å². The maximum atomic E-state index is 12.6. The van der Waals surface area contributed by atoms with Gasteiger partial charge >= 0.3 is 26.4 Å². The van der Waals surface area contributed by atoms with Crippen LogP contribution in [0.4, 0.5) is 9.59 Å². The van der Waals surface area contributed by atoms with E-state index in [1.165, 1.54) is 44.5 Å². The van der Waals surface area contributed by atoms with Crippen molar-refractivity contribution in [2.24, 2.45) is 0 Å². The molecule has 0 saturated carbocycles. The molecule has 2 N–H and O–H groups in total. The third kappa shape index (κ3) is 37.4. The van der Waals surface area contributed by atoms with E-state index in [0.29, 0.717) is 13.1 Å². The number of hydrogen-bond acceptors (Lipinski definition) is 10. The summed E-state index contributed by atoms with van der Waals surface area (Å²) in [6.45, 7) is 31.0. The average Bonchev–Trinajstić information content (AvgIpc) is 1.62. The Morgan fingerprint density at radius 3 is 0.763 bits per heavy atom. The monoisotopic (exact) mass is 2000 g/mol. The first-order valence-electron chi connectivity index (χ1n) is 47.1. The van der Waals surface area contributed by atoms with Gasteiger partial charge in [-0.1, -0.05) is 295 Å². The van der Waals surface area contributed by atoms with Crippen molar-refractivity contribution >= 4 is 47.8 Å². The Morgan fingerprint density at radius 2 is 0.561 bits per heavy atom. The number of H-pyrrole nitrogens is 2. The Balaban J connectivity index is 0.000000179. The van der Waals surface area contributed by atoms with E-state index in [1.807, 2.05) is 279 Å². The van der Waals surface area contributed by atoms with Gasteiger partial charge in [0.25, 0.3) is 0 Å². The predicted octanol–water partition coefficient (Wildman–Crippen LogP) is 30.4. The molecule has 14 aromatic carbocycles. The van der Waals surface area contributed by atoms with Crippen LogP contribution < -0.4 is 5.46 Å². The van der Waals surface area contributed by atoms with E-state index < -0.39 is 11.2 Å². The van der Waals surface area contributed by atoms with Crippen LogP contribution in [0.15, 0.2) is 429 Å². The molecular formula is C121H131B2BrN6O8Pd-4. The Kier molecular flexibility index (Phi) is 44.4. The average molecular weight is 2010 g/mol. The number of carbonyl (C=O) groups is 2. The number of nitrogens with one attached hydrogen (secondary N) is 2. The number of aromatic amines is 2. The molecule has 6 heterocycles. The molecule has 720 valence electrons. The molecule has 2 atom stereocenters. The van der Waals surface area contributed by atoms with Crippen LogP contribution >= 0.6 is 15.9 Å². The molecular weight excluding hydrogens is 1870 g/mol. The molecule has 0 radical (unpaired) electrons. The zero-order chi connectivity index (χ0) is 98.5. The first-order valence-corrected chi connectivity index (χ1v) is 47.9. The van der Waals surface area contributed by atoms with Crippen LogP contribution in [0, 0.1) is 24.3 Å². The topological polar surface area (TPSA) is 153 Å². The van der Waals surface area contributed by atoms with Crippen LogP contribution in [0.1, 0.15) is 146 Å². The molecule has 0 aliphatic carbocycles. The number of halogens is 1. The predicted molar refractivity (Wildman–Crippen MR) is 572 cm³/mol. The number of rotatable bonds is 9. The van der Waals surface area contributed by atoms with Gasteiger partial charge in [0.15, 0.2) is 0 Å². The van der Waals surface area contributed by atoms with Gasteiger partial charge < -0.3 is 38.1 Å². The Hall–Kier alpha value is -12.8. The fraction of sp³-hybridized carbons (Fsp3) is 0.240. The molecule has 4 saturated heterocycles. The standard InChI is InChI=1S/C24H34BN3O4.C18H22BrN3O2.4C12H10.C7H15BO2.4C6H5.Pd/c1-22(2,3)30-21(29)28-14-8-9-19(28)20-26-15-18(27-20)16-10-12-17(13-11-16)25-31-23(4,5)24(6,7)32-25;1-18(2,3)24-17(23)22-10-4-5-15(22)16-20-11-14(21-16)12-6-8-13(19)9-7-12;4*1-3-7-11(8-4-1)12-9-5-2-6-10-12;1-6(2)7(3,4)10-8(5)9-6;4*1-2-4-6-5-3-1;/h10-13,15,19H,8-9,14H2,1-7H3,(H,26,27);6-9,11,15H,4-5,10H2,1-3H3,(H,20,21);4*1-10H;1-5H3;4*1-5H;/q;;;;;;;4*-1;/t19-;15-;;;;;;;;;;/m00........../s1. The number of amides is 2. The van der Waals surface area contributed by atoms with E-state index in [-0.39, 0.29) is 81.3 Å². The molecule has 0 bridgehead atoms. The molecule has 2 aromatic heterocycles. The van der Waals surface area contributed by atoms with Crippen LogP contribution in [0.25, 0.3) is 67.0 Å². The summed E-state index contributed by atoms with van der Waals surface area (Å²) < 4.78 is 35.5. The van der Waals surface area contributed by atoms with Gasteiger partial charge in [0.05, 0.1) is 58.3 Å². The van der Waals surface area contributed by atoms with Crippen molar-refractivity contribution in [1.82, 2.24) is 29.7 Å². The van der Waals surface area contributed by atoms with Gasteiger partial charge in [0, 0.05) is 38.0 Å². The number of hydrogen-bond donors (Lipinski definition) is 2. The second-order valence-corrected chi connectivity index (χ2v) is 37.7. The Morgan fingerprint density at radius 1 is 0.338 bits per heavy atom. The smallest absolute Gasteiger partial charge is 0.444 e. The van der Waals surface area contributed by atoms with Crippen LogP contribution in [0.3, 0.4) is 0 Å². The Labute approximate surface area is 849 Å². The second kappa shape index (κ2) is 56.3. The van der Waals surface area contributed by atoms with Gasteiger partial charge in [-0.3, -0.25) is 9.80 Å². The van der Waals surface area contributed by atoms with Crippen molar-refractivity contribution in [1.29, 1.82) is 0 Å². The van der Waals surface area contributed by atoms with Gasteiger partial charge in [0.1, 0.15) is 22.9 Å². The van der Waals surface area contributed by atoms with Crippen molar-refractivity contribution in [2.45, 2.75) is 175 Å². The summed E-state index contributed by atoms with van der Waals surface area (Å²) in [5.74, 6) is 1.61. The minimum Gasteiger partial charge on any atom is -0.444 e. The summed E-state index contributed by atoms with van der Waals surface area (Å²) >= 11 is 3.44. The molecule has 0 spiro atoms. The van der Waals surface area contributed by atoms with E-state index in [0.717, 1.165) is 69.8 Å². The maximum Gasteiger partial charge on any atom is 0.494 e. The quantitative estimate of drug-likeness (QED) is 0.105. The van der Waals surface area contributed by atoms with Gasteiger partial charge in [-0.25, -0.2) is 19.6 Å². The van der Waals surface area contributed by atoms with E-state index in [9.17, 15) is 9.59 Å². The number of aromatic nitrogens is 4. The maximum absolute atomic E-state index is 12.6. The zero-order valence-electron chi connectivity index (χ0n) is 82.7. The largest absolute Gasteiger partial charge is 0.494 e. The molecule has 14 nitrogen and oxygen atoms in total. The van der Waals surface area contributed by atoms with E-state index in [2.05, 4.69) is 310 Å². The molecule has 0 unspecified atom stereocenters. The number of likely N-dealkylation sites (tertiary alicyclic amines) is 2. The number of nitrogens with zero attached hydrogens (tertiary/aromatic N) is 4. The van der Waals surface area contributed by atoms with Crippen molar-refractivity contribution < 1.29 is 58.1 Å². The van der Waals surface area contributed by atoms with Crippen LogP contribution in [-0.4, -0.2) is 103 Å². The fourth-order valence-corrected chi connectivity index (χ4v) is 14.7. The van der Waals surface area contributed by atoms with E-state index in [4.69, 9.17) is 28.1 Å². The Bertz CT molecular complexity index is 5290. The zero-order valence-corrected chi connectivity index (χ0v) is 85.9. The molecule has 16 aromatic rings. The number of carbonyl (C=O) groups excluding carboxylic acids is 2. The number of benzene rings is 14. The summed E-state index contributed by atoms with van der Waals surface area (Å²) in [5, 5.41) is 0. The third-order valence-corrected chi connectivity index (χ3v) is 23.3. The minimum atomic E-state index is -0.516. The summed E-state index contributed by atoms with van der Waals surface area (Å²) in [5.41, 5.74) is 13.1. The van der Waals surface area contributed by atoms with Crippen molar-refractivity contribution in [3.8, 4) is 67.0 Å². The molecule has 20 rings (SSSR count). The summed E-state index contributed by atoms with van der Waals surface area (Å²) in [7, 11) is -0.447. The van der Waals surface area contributed by atoms with Crippen LogP contribution in [0.5, 0.6) is 0 Å². The first-order chi connectivity index (χ1) is 66.4. The summed E-state index contributed by atoms with van der Waals surface area (Å²) in [6, 6.07) is 149. The first kappa shape index (κ1) is 110. The SMILES string of the molecule is CB1OC(C)(C)C(C)(C)O1.CC(C)(C)OC(=O)N1CCC[C@H]1c1ncc(-c2ccc(B3OC(C)(C)C(C)(C)O3)cc2)[nH]1.CC(C)(C)OC(=O)N1CCC[C@H]1c1ncc(-c2ccc(Br)cc2)[nH]1.[Pd].[c-]1ccccc1.[c-]1ccccc1.[c-]1ccccc1.[c-]1ccccc1.c1ccc(-c2ccccc2)cc1.c1ccc(-c2ccccc2)cc1.c1ccc(-c2ccccc2)cc1.c1ccc(-c2ccccc2)cc1. The molecule has 4 aliphatic rings. The molecule has 139 heavy (non-hydrogen) atoms. The van der Waals surface area contributed by atoms with Gasteiger partial charge in [0.2, 0.25) is 0 Å². The van der Waals surface area contributed by atoms with Crippen molar-refractivity contribution in [3.05, 3.63) is 465 Å². The molecule has 2 amide bonds. The van der Waals surface area contributed by atoms with Crippen LogP contribution in [0.2, 0.25) is 6.82 Å². The number of imidazole rings is 2.